The molecule has 0 bridgehead atoms. The van der Waals surface area contributed by atoms with E-state index in [0.717, 1.165) is 5.56 Å². The molecule has 0 atom stereocenters. The molecular weight excluding hydrogens is 524 g/mol. The Kier molecular flexibility index (Phi) is 7.90. The Bertz CT molecular complexity index is 1320. The highest BCUT2D eigenvalue weighted by Gasteiger charge is 2.16. The van der Waals surface area contributed by atoms with Gasteiger partial charge in [0.05, 0.1) is 23.6 Å². The lowest BCUT2D eigenvalue weighted by molar-refractivity contribution is -0.111. The number of halogens is 1. The summed E-state index contributed by atoms with van der Waals surface area (Å²) in [5.41, 5.74) is 2.46. The van der Waals surface area contributed by atoms with Crippen molar-refractivity contribution in [1.29, 1.82) is 0 Å². The fraction of sp³-hybridized carbons (Fsp3) is 0.174. The number of aromatic nitrogens is 2. The summed E-state index contributed by atoms with van der Waals surface area (Å²) in [5, 5.41) is 2.69. The Morgan fingerprint density at radius 3 is 2.24 bits per heavy atom. The maximum absolute atomic E-state index is 12.6. The van der Waals surface area contributed by atoms with Gasteiger partial charge in [0.15, 0.2) is 11.5 Å². The summed E-state index contributed by atoms with van der Waals surface area (Å²) in [5.74, 6) is 0.691. The van der Waals surface area contributed by atoms with Crippen LogP contribution in [-0.2, 0) is 14.8 Å². The highest BCUT2D eigenvalue weighted by Crippen LogP contribution is 2.36. The zero-order chi connectivity index (χ0) is 24.9. The number of methoxy groups -OCH3 is 2. The number of aryl methyl sites for hydroxylation is 2. The van der Waals surface area contributed by atoms with E-state index >= 15 is 0 Å². The van der Waals surface area contributed by atoms with Crippen molar-refractivity contribution < 1.29 is 22.7 Å². The molecule has 1 heterocycles. The summed E-state index contributed by atoms with van der Waals surface area (Å²) < 4.78 is 38.9. The Labute approximate surface area is 206 Å². The van der Waals surface area contributed by atoms with Gasteiger partial charge in [-0.3, -0.25) is 4.79 Å². The molecule has 2 N–H and O–H groups in total. The number of benzene rings is 2. The summed E-state index contributed by atoms with van der Waals surface area (Å²) in [6, 6.07) is 11.0. The molecular formula is C23H23BrN4O5S. The van der Waals surface area contributed by atoms with Crippen LogP contribution in [0.3, 0.4) is 0 Å². The second kappa shape index (κ2) is 10.7. The maximum atomic E-state index is 12.6. The van der Waals surface area contributed by atoms with Gasteiger partial charge < -0.3 is 14.8 Å². The summed E-state index contributed by atoms with van der Waals surface area (Å²) in [6.07, 6.45) is 2.98. The number of nitrogens with one attached hydrogen (secondary N) is 2. The van der Waals surface area contributed by atoms with E-state index in [0.29, 0.717) is 33.0 Å². The molecule has 0 fully saturated rings. The maximum Gasteiger partial charge on any atom is 0.264 e. The van der Waals surface area contributed by atoms with Crippen LogP contribution < -0.4 is 19.5 Å². The molecule has 0 radical (unpaired) electrons. The van der Waals surface area contributed by atoms with Gasteiger partial charge in [-0.1, -0.05) is 0 Å². The molecule has 0 spiro atoms. The van der Waals surface area contributed by atoms with Gasteiger partial charge in [0.2, 0.25) is 11.9 Å². The smallest absolute Gasteiger partial charge is 0.264 e. The molecule has 3 rings (SSSR count). The summed E-state index contributed by atoms with van der Waals surface area (Å²) in [4.78, 5) is 20.5. The number of amides is 1. The van der Waals surface area contributed by atoms with Gasteiger partial charge in [0.25, 0.3) is 10.0 Å². The van der Waals surface area contributed by atoms with Crippen LogP contribution >= 0.6 is 15.9 Å². The molecule has 11 heteroatoms. The highest BCUT2D eigenvalue weighted by molar-refractivity contribution is 9.10. The van der Waals surface area contributed by atoms with E-state index in [1.54, 1.807) is 38.1 Å². The number of hydrogen-bond acceptors (Lipinski definition) is 7. The van der Waals surface area contributed by atoms with Crippen molar-refractivity contribution in [3.63, 3.8) is 0 Å². The van der Waals surface area contributed by atoms with Gasteiger partial charge in [-0.25, -0.2) is 23.1 Å². The average molecular weight is 547 g/mol. The van der Waals surface area contributed by atoms with Crippen LogP contribution in [0.2, 0.25) is 0 Å². The van der Waals surface area contributed by atoms with E-state index in [2.05, 4.69) is 35.9 Å². The molecule has 9 nitrogen and oxygen atoms in total. The minimum absolute atomic E-state index is 0.00168. The van der Waals surface area contributed by atoms with Crippen molar-refractivity contribution in [3.05, 3.63) is 70.0 Å². The molecule has 0 saturated carbocycles. The van der Waals surface area contributed by atoms with Crippen LogP contribution in [0, 0.1) is 13.8 Å². The molecule has 34 heavy (non-hydrogen) atoms. The van der Waals surface area contributed by atoms with Crippen molar-refractivity contribution in [3.8, 4) is 11.5 Å². The summed E-state index contributed by atoms with van der Waals surface area (Å²) in [6.45, 7) is 3.50. The molecule has 178 valence electrons. The van der Waals surface area contributed by atoms with Gasteiger partial charge >= 0.3 is 0 Å². The van der Waals surface area contributed by atoms with E-state index in [4.69, 9.17) is 9.47 Å². The molecule has 0 aliphatic carbocycles. The predicted octanol–water partition coefficient (Wildman–Crippen LogP) is 4.33. The minimum atomic E-state index is -3.88. The number of carbonyl (C=O) groups excluding carboxylic acids is 1. The lowest BCUT2D eigenvalue weighted by Gasteiger charge is -2.10. The molecule has 3 aromatic rings. The molecule has 0 aliphatic heterocycles. The van der Waals surface area contributed by atoms with Gasteiger partial charge in [-0.05, 0) is 83.9 Å². The van der Waals surface area contributed by atoms with Crippen LogP contribution in [0.15, 0.2) is 57.9 Å². The van der Waals surface area contributed by atoms with E-state index < -0.39 is 10.0 Å². The van der Waals surface area contributed by atoms with Crippen LogP contribution in [0.25, 0.3) is 6.08 Å². The fourth-order valence-electron chi connectivity index (χ4n) is 3.06. The van der Waals surface area contributed by atoms with Crippen molar-refractivity contribution in [2.45, 2.75) is 18.7 Å². The van der Waals surface area contributed by atoms with Gasteiger partial charge in [0.1, 0.15) is 0 Å². The van der Waals surface area contributed by atoms with Gasteiger partial charge in [0, 0.05) is 23.2 Å². The normalized spacial score (nSPS) is 11.3. The molecule has 0 aliphatic rings. The number of rotatable bonds is 8. The second-order valence-electron chi connectivity index (χ2n) is 7.17. The van der Waals surface area contributed by atoms with Crippen LogP contribution in [0.5, 0.6) is 11.5 Å². The Balaban J connectivity index is 1.68. The molecule has 1 aromatic heterocycles. The number of ether oxygens (including phenoxy) is 2. The lowest BCUT2D eigenvalue weighted by Crippen LogP contribution is -2.16. The van der Waals surface area contributed by atoms with E-state index in [-0.39, 0.29) is 16.8 Å². The third-order valence-electron chi connectivity index (χ3n) is 4.52. The second-order valence-corrected chi connectivity index (χ2v) is 9.70. The Morgan fingerprint density at radius 2 is 1.65 bits per heavy atom. The number of nitrogens with zero attached hydrogens (tertiary/aromatic N) is 2. The molecule has 0 unspecified atom stereocenters. The van der Waals surface area contributed by atoms with Gasteiger partial charge in [-0.2, -0.15) is 0 Å². The van der Waals surface area contributed by atoms with Crippen molar-refractivity contribution in [1.82, 2.24) is 9.97 Å². The quantitative estimate of drug-likeness (QED) is 0.403. The molecule has 1 amide bonds. The highest BCUT2D eigenvalue weighted by atomic mass is 79.9. The van der Waals surface area contributed by atoms with E-state index in [9.17, 15) is 13.2 Å². The zero-order valence-electron chi connectivity index (χ0n) is 18.9. The van der Waals surface area contributed by atoms with Crippen molar-refractivity contribution in [2.24, 2.45) is 0 Å². The first-order valence-electron chi connectivity index (χ1n) is 9.97. The summed E-state index contributed by atoms with van der Waals surface area (Å²) in [7, 11) is -0.819. The third-order valence-corrected chi connectivity index (χ3v) is 6.46. The van der Waals surface area contributed by atoms with Crippen LogP contribution in [0.4, 0.5) is 11.6 Å². The minimum Gasteiger partial charge on any atom is -0.493 e. The van der Waals surface area contributed by atoms with E-state index in [1.165, 1.54) is 44.6 Å². The Hall–Kier alpha value is -3.44. The summed E-state index contributed by atoms with van der Waals surface area (Å²) >= 11 is 3.41. The lowest BCUT2D eigenvalue weighted by atomic mass is 10.2. The standard InChI is InChI=1S/C23H23BrN4O5S/c1-14-11-15(2)26-23(25-14)28-34(30,31)18-8-6-17(7-9-18)27-21(29)10-5-16-12-19(24)22(33-4)20(13-16)32-3/h5-13H,1-4H3,(H,27,29)(H,25,26,28)/b10-5+. The first kappa shape index (κ1) is 25.2. The predicted molar refractivity (Wildman–Crippen MR) is 134 cm³/mol. The average Bonchev–Trinajstić information content (AvgIpc) is 2.76. The topological polar surface area (TPSA) is 120 Å². The largest absolute Gasteiger partial charge is 0.493 e. The molecule has 0 saturated heterocycles. The third kappa shape index (κ3) is 6.33. The Morgan fingerprint density at radius 1 is 1.00 bits per heavy atom. The molecule has 2 aromatic carbocycles. The SMILES string of the molecule is COc1cc(/C=C/C(=O)Nc2ccc(S(=O)(=O)Nc3nc(C)cc(C)n3)cc2)cc(Br)c1OC. The van der Waals surface area contributed by atoms with Gasteiger partial charge in [-0.15, -0.1) is 0 Å². The van der Waals surface area contributed by atoms with Crippen molar-refractivity contribution in [2.75, 3.05) is 24.3 Å². The first-order chi connectivity index (χ1) is 16.1. The zero-order valence-corrected chi connectivity index (χ0v) is 21.3. The van der Waals surface area contributed by atoms with E-state index in [1.807, 2.05) is 0 Å². The van der Waals surface area contributed by atoms with Crippen LogP contribution in [0.1, 0.15) is 17.0 Å². The van der Waals surface area contributed by atoms with Crippen molar-refractivity contribution >= 4 is 49.6 Å². The monoisotopic (exact) mass is 546 g/mol. The number of anilines is 2. The number of carbonyl (C=O) groups is 1. The fourth-order valence-corrected chi connectivity index (χ4v) is 4.62. The number of hydrogen-bond donors (Lipinski definition) is 2. The van der Waals surface area contributed by atoms with Crippen LogP contribution in [-0.4, -0.2) is 38.5 Å². The number of sulfonamides is 1. The first-order valence-corrected chi connectivity index (χ1v) is 12.2.